The smallest absolute Gasteiger partial charge is 0.0416 e. The van der Waals surface area contributed by atoms with Crippen molar-refractivity contribution in [3.8, 4) is 0 Å². The highest BCUT2D eigenvalue weighted by molar-refractivity contribution is 6.21. The lowest BCUT2D eigenvalue weighted by Gasteiger charge is -2.46. The van der Waals surface area contributed by atoms with Crippen molar-refractivity contribution in [1.82, 2.24) is 0 Å². The molecule has 48 valence electrons. The third-order valence-electron chi connectivity index (χ3n) is 2.22. The summed E-state index contributed by atoms with van der Waals surface area (Å²) in [7, 11) is 0. The first-order valence-corrected chi connectivity index (χ1v) is 3.38. The Hall–Kier alpha value is 0.250. The van der Waals surface area contributed by atoms with Crippen LogP contribution in [-0.4, -0.2) is 11.4 Å². The molecule has 0 aromatic carbocycles. The second-order valence-corrected chi connectivity index (χ2v) is 3.66. The Morgan fingerprint density at radius 2 is 2.12 bits per heavy atom. The molecular formula is C6H12ClN. The quantitative estimate of drug-likeness (QED) is 0.496. The fourth-order valence-corrected chi connectivity index (χ4v) is 1.26. The van der Waals surface area contributed by atoms with Crippen molar-refractivity contribution >= 4 is 11.6 Å². The second kappa shape index (κ2) is 1.61. The molecule has 1 aliphatic carbocycles. The van der Waals surface area contributed by atoms with Crippen molar-refractivity contribution in [1.29, 1.82) is 0 Å². The predicted molar refractivity (Wildman–Crippen MR) is 36.0 cm³/mol. The second-order valence-electron chi connectivity index (χ2n) is 3.13. The maximum absolute atomic E-state index is 5.86. The number of hydrogen-bond donors (Lipinski definition) is 1. The van der Waals surface area contributed by atoms with Crippen LogP contribution in [0.15, 0.2) is 0 Å². The summed E-state index contributed by atoms with van der Waals surface area (Å²) in [6, 6.07) is 0.324. The molecule has 0 aromatic heterocycles. The average molecular weight is 134 g/mol. The largest absolute Gasteiger partial charge is 0.327 e. The van der Waals surface area contributed by atoms with E-state index in [2.05, 4.69) is 13.8 Å². The van der Waals surface area contributed by atoms with Crippen molar-refractivity contribution in [3.63, 3.8) is 0 Å². The highest BCUT2D eigenvalue weighted by Gasteiger charge is 2.44. The third kappa shape index (κ3) is 0.652. The molecule has 0 bridgehead atoms. The average Bonchev–Trinajstić information content (AvgIpc) is 1.68. The lowest BCUT2D eigenvalue weighted by Crippen LogP contribution is -2.55. The molecule has 2 heteroatoms. The van der Waals surface area contributed by atoms with E-state index < -0.39 is 0 Å². The number of nitrogens with two attached hydrogens (primary N) is 1. The van der Waals surface area contributed by atoms with Crippen LogP contribution >= 0.6 is 11.6 Å². The van der Waals surface area contributed by atoms with Crippen molar-refractivity contribution in [3.05, 3.63) is 0 Å². The molecule has 0 radical (unpaired) electrons. The summed E-state index contributed by atoms with van der Waals surface area (Å²) in [5, 5.41) is 0.303. The zero-order valence-electron chi connectivity index (χ0n) is 5.32. The van der Waals surface area contributed by atoms with Gasteiger partial charge < -0.3 is 5.73 Å². The summed E-state index contributed by atoms with van der Waals surface area (Å²) in [5.41, 5.74) is 5.84. The van der Waals surface area contributed by atoms with Crippen LogP contribution in [-0.2, 0) is 0 Å². The molecule has 1 nitrogen and oxygen atoms in total. The summed E-state index contributed by atoms with van der Waals surface area (Å²) in [5.74, 6) is 0. The van der Waals surface area contributed by atoms with Gasteiger partial charge in [-0.05, 0) is 11.8 Å². The van der Waals surface area contributed by atoms with Gasteiger partial charge in [-0.1, -0.05) is 13.8 Å². The molecule has 1 saturated carbocycles. The first kappa shape index (κ1) is 6.37. The molecule has 8 heavy (non-hydrogen) atoms. The van der Waals surface area contributed by atoms with E-state index in [0.29, 0.717) is 11.4 Å². The molecular weight excluding hydrogens is 122 g/mol. The molecule has 0 amide bonds. The van der Waals surface area contributed by atoms with Crippen LogP contribution in [0.3, 0.4) is 0 Å². The summed E-state index contributed by atoms with van der Waals surface area (Å²) in [4.78, 5) is 0. The maximum Gasteiger partial charge on any atom is 0.0416 e. The topological polar surface area (TPSA) is 26.0 Å². The highest BCUT2D eigenvalue weighted by atomic mass is 35.5. The highest BCUT2D eigenvalue weighted by Crippen LogP contribution is 2.42. The van der Waals surface area contributed by atoms with Crippen LogP contribution in [0.4, 0.5) is 0 Å². The van der Waals surface area contributed by atoms with Crippen molar-refractivity contribution in [2.45, 2.75) is 31.7 Å². The monoisotopic (exact) mass is 133 g/mol. The standard InChI is InChI=1S/C6H12ClN/c1-6(2)4(7)3-5(6)8/h4-5H,3,8H2,1-2H3. The lowest BCUT2D eigenvalue weighted by molar-refractivity contribution is 0.152. The van der Waals surface area contributed by atoms with Crippen LogP contribution in [0.25, 0.3) is 0 Å². The minimum Gasteiger partial charge on any atom is -0.327 e. The van der Waals surface area contributed by atoms with E-state index in [9.17, 15) is 0 Å². The van der Waals surface area contributed by atoms with E-state index in [-0.39, 0.29) is 5.41 Å². The van der Waals surface area contributed by atoms with Gasteiger partial charge in [0.25, 0.3) is 0 Å². The molecule has 1 fully saturated rings. The Balaban J connectivity index is 2.52. The van der Waals surface area contributed by atoms with Crippen molar-refractivity contribution in [2.24, 2.45) is 11.1 Å². The molecule has 2 unspecified atom stereocenters. The summed E-state index contributed by atoms with van der Waals surface area (Å²) < 4.78 is 0. The van der Waals surface area contributed by atoms with Crippen LogP contribution in [0.2, 0.25) is 0 Å². The molecule has 1 aliphatic rings. The van der Waals surface area contributed by atoms with Gasteiger partial charge >= 0.3 is 0 Å². The zero-order chi connectivity index (χ0) is 6.36. The Morgan fingerprint density at radius 1 is 1.62 bits per heavy atom. The molecule has 2 atom stereocenters. The summed E-state index contributed by atoms with van der Waals surface area (Å²) in [6.45, 7) is 4.22. The first-order chi connectivity index (χ1) is 3.55. The van der Waals surface area contributed by atoms with E-state index >= 15 is 0 Å². The lowest BCUT2D eigenvalue weighted by atomic mass is 9.67. The molecule has 2 N–H and O–H groups in total. The van der Waals surface area contributed by atoms with Crippen molar-refractivity contribution < 1.29 is 0 Å². The minimum absolute atomic E-state index is 0.182. The third-order valence-corrected chi connectivity index (χ3v) is 2.96. The maximum atomic E-state index is 5.86. The van der Waals surface area contributed by atoms with E-state index in [1.165, 1.54) is 0 Å². The molecule has 0 spiro atoms. The van der Waals surface area contributed by atoms with Gasteiger partial charge in [0.15, 0.2) is 0 Å². The Kier molecular flexibility index (Phi) is 1.28. The fraction of sp³-hybridized carbons (Fsp3) is 1.00. The Labute approximate surface area is 55.2 Å². The van der Waals surface area contributed by atoms with Crippen LogP contribution in [0.1, 0.15) is 20.3 Å². The van der Waals surface area contributed by atoms with Gasteiger partial charge in [0.1, 0.15) is 0 Å². The van der Waals surface area contributed by atoms with Gasteiger partial charge in [-0.3, -0.25) is 0 Å². The number of hydrogen-bond acceptors (Lipinski definition) is 1. The molecule has 0 heterocycles. The normalized spacial score (nSPS) is 43.5. The van der Waals surface area contributed by atoms with Gasteiger partial charge in [-0.15, -0.1) is 11.6 Å². The van der Waals surface area contributed by atoms with E-state index in [1.54, 1.807) is 0 Å². The summed E-state index contributed by atoms with van der Waals surface area (Å²) in [6.07, 6.45) is 0.981. The van der Waals surface area contributed by atoms with E-state index in [1.807, 2.05) is 0 Å². The van der Waals surface area contributed by atoms with Gasteiger partial charge in [-0.2, -0.15) is 0 Å². The van der Waals surface area contributed by atoms with Gasteiger partial charge in [0, 0.05) is 11.4 Å². The van der Waals surface area contributed by atoms with Crippen LogP contribution in [0, 0.1) is 5.41 Å². The number of halogens is 1. The molecule has 0 saturated heterocycles. The van der Waals surface area contributed by atoms with Crippen LogP contribution in [0.5, 0.6) is 0 Å². The van der Waals surface area contributed by atoms with Gasteiger partial charge in [0.05, 0.1) is 0 Å². The number of alkyl halides is 1. The molecule has 0 aliphatic heterocycles. The van der Waals surface area contributed by atoms with Crippen LogP contribution < -0.4 is 5.73 Å². The van der Waals surface area contributed by atoms with Crippen molar-refractivity contribution in [2.75, 3.05) is 0 Å². The van der Waals surface area contributed by atoms with Gasteiger partial charge in [-0.25, -0.2) is 0 Å². The SMILES string of the molecule is CC1(C)C(N)CC1Cl. The summed E-state index contributed by atoms with van der Waals surface area (Å²) >= 11 is 5.86. The first-order valence-electron chi connectivity index (χ1n) is 2.95. The number of rotatable bonds is 0. The van der Waals surface area contributed by atoms with E-state index in [0.717, 1.165) is 6.42 Å². The Morgan fingerprint density at radius 3 is 2.12 bits per heavy atom. The Bertz CT molecular complexity index is 90.7. The molecule has 1 rings (SSSR count). The predicted octanol–water partition coefficient (Wildman–Crippen LogP) is 1.35. The zero-order valence-corrected chi connectivity index (χ0v) is 6.07. The van der Waals surface area contributed by atoms with Gasteiger partial charge in [0.2, 0.25) is 0 Å². The fourth-order valence-electron chi connectivity index (χ4n) is 0.902. The minimum atomic E-state index is 0.182. The van der Waals surface area contributed by atoms with E-state index in [4.69, 9.17) is 17.3 Å². The molecule has 0 aromatic rings.